The summed E-state index contributed by atoms with van der Waals surface area (Å²) in [6.07, 6.45) is 5.74. The van der Waals surface area contributed by atoms with Crippen molar-refractivity contribution in [2.75, 3.05) is 13.1 Å². The van der Waals surface area contributed by atoms with Gasteiger partial charge in [0.2, 0.25) is 0 Å². The molecule has 0 radical (unpaired) electrons. The van der Waals surface area contributed by atoms with Gasteiger partial charge in [0.05, 0.1) is 11.9 Å². The zero-order valence-corrected chi connectivity index (χ0v) is 15.2. The Kier molecular flexibility index (Phi) is 4.85. The van der Waals surface area contributed by atoms with Crippen LogP contribution in [0, 0.1) is 12.7 Å². The number of hydrogen-bond acceptors (Lipinski definition) is 4. The number of H-pyrrole nitrogens is 1. The van der Waals surface area contributed by atoms with Gasteiger partial charge in [-0.2, -0.15) is 5.10 Å². The maximum Gasteiger partial charge on any atom is 0.251 e. The molecule has 1 fully saturated rings. The normalized spacial score (nSPS) is 17.9. The first-order valence-electron chi connectivity index (χ1n) is 9.17. The molecule has 0 aliphatic carbocycles. The molecule has 0 spiro atoms. The van der Waals surface area contributed by atoms with Gasteiger partial charge in [-0.3, -0.25) is 9.69 Å². The second kappa shape index (κ2) is 7.44. The molecule has 0 saturated carbocycles. The van der Waals surface area contributed by atoms with Crippen molar-refractivity contribution in [1.82, 2.24) is 24.6 Å². The molecule has 27 heavy (non-hydrogen) atoms. The molecule has 3 heterocycles. The van der Waals surface area contributed by atoms with Gasteiger partial charge < -0.3 is 4.98 Å². The van der Waals surface area contributed by atoms with Crippen molar-refractivity contribution in [3.63, 3.8) is 0 Å². The van der Waals surface area contributed by atoms with Crippen LogP contribution >= 0.6 is 0 Å². The number of piperidine rings is 1. The number of halogens is 1. The summed E-state index contributed by atoms with van der Waals surface area (Å²) in [7, 11) is 0. The minimum Gasteiger partial charge on any atom is -0.311 e. The van der Waals surface area contributed by atoms with Crippen LogP contribution in [0.2, 0.25) is 0 Å². The minimum atomic E-state index is -0.291. The second-order valence-electron chi connectivity index (χ2n) is 7.07. The lowest BCUT2D eigenvalue weighted by Gasteiger charge is -2.32. The van der Waals surface area contributed by atoms with Gasteiger partial charge >= 0.3 is 0 Å². The van der Waals surface area contributed by atoms with Gasteiger partial charge in [-0.25, -0.2) is 14.1 Å². The van der Waals surface area contributed by atoms with Crippen LogP contribution in [-0.4, -0.2) is 37.7 Å². The molecular formula is C20H22FN5O. The Morgan fingerprint density at radius 2 is 2.19 bits per heavy atom. The first-order chi connectivity index (χ1) is 13.1. The summed E-state index contributed by atoms with van der Waals surface area (Å²) in [5, 5.41) is 4.31. The molecule has 140 valence electrons. The molecule has 6 nitrogen and oxygen atoms in total. The molecule has 1 saturated heterocycles. The van der Waals surface area contributed by atoms with E-state index in [1.54, 1.807) is 35.1 Å². The summed E-state index contributed by atoms with van der Waals surface area (Å²) >= 11 is 0. The van der Waals surface area contributed by atoms with E-state index in [2.05, 4.69) is 20.0 Å². The number of aromatic amines is 1. The number of aromatic nitrogens is 4. The van der Waals surface area contributed by atoms with E-state index < -0.39 is 0 Å². The highest BCUT2D eigenvalue weighted by atomic mass is 19.1. The van der Waals surface area contributed by atoms with Gasteiger partial charge in [0.25, 0.3) is 5.56 Å². The summed E-state index contributed by atoms with van der Waals surface area (Å²) in [4.78, 5) is 21.3. The van der Waals surface area contributed by atoms with Crippen LogP contribution in [0.25, 0.3) is 5.69 Å². The van der Waals surface area contributed by atoms with Crippen LogP contribution < -0.4 is 5.56 Å². The molecule has 1 atom stereocenters. The van der Waals surface area contributed by atoms with E-state index in [0.717, 1.165) is 43.7 Å². The van der Waals surface area contributed by atoms with E-state index in [4.69, 9.17) is 0 Å². The number of rotatable bonds is 4. The maximum atomic E-state index is 13.9. The molecule has 3 aromatic rings. The van der Waals surface area contributed by atoms with Gasteiger partial charge in [-0.1, -0.05) is 12.1 Å². The molecule has 1 aromatic carbocycles. The van der Waals surface area contributed by atoms with Gasteiger partial charge in [-0.05, 0) is 38.4 Å². The van der Waals surface area contributed by atoms with Crippen LogP contribution in [0.3, 0.4) is 0 Å². The first kappa shape index (κ1) is 17.6. The Hall–Kier alpha value is -2.80. The fraction of sp³-hybridized carbons (Fsp3) is 0.350. The molecule has 7 heteroatoms. The summed E-state index contributed by atoms with van der Waals surface area (Å²) < 4.78 is 15.5. The summed E-state index contributed by atoms with van der Waals surface area (Å²) in [5.74, 6) is 0.614. The Labute approximate surface area is 156 Å². The van der Waals surface area contributed by atoms with E-state index in [1.807, 2.05) is 13.1 Å². The zero-order chi connectivity index (χ0) is 18.8. The molecule has 4 rings (SSSR count). The van der Waals surface area contributed by atoms with Crippen molar-refractivity contribution in [1.29, 1.82) is 0 Å². The number of aryl methyl sites for hydroxylation is 1. The summed E-state index contributed by atoms with van der Waals surface area (Å²) in [5.41, 5.74) is 2.25. The van der Waals surface area contributed by atoms with Crippen molar-refractivity contribution >= 4 is 0 Å². The number of nitrogens with one attached hydrogen (secondary N) is 1. The fourth-order valence-corrected chi connectivity index (χ4v) is 3.72. The van der Waals surface area contributed by atoms with E-state index in [9.17, 15) is 9.18 Å². The number of hydrogen-bond donors (Lipinski definition) is 1. The lowest BCUT2D eigenvalue weighted by atomic mass is 9.94. The SMILES string of the molecule is Cc1nc([C@H]2CCCN(Cc3cnn(-c4ccccc4F)c3)C2)cc(=O)[nH]1. The molecule has 0 unspecified atom stereocenters. The highest BCUT2D eigenvalue weighted by Gasteiger charge is 2.23. The van der Waals surface area contributed by atoms with E-state index >= 15 is 0 Å². The highest BCUT2D eigenvalue weighted by molar-refractivity contribution is 5.33. The topological polar surface area (TPSA) is 66.8 Å². The largest absolute Gasteiger partial charge is 0.311 e. The van der Waals surface area contributed by atoms with Gasteiger partial charge in [-0.15, -0.1) is 0 Å². The van der Waals surface area contributed by atoms with Crippen LogP contribution in [0.5, 0.6) is 0 Å². The fourth-order valence-electron chi connectivity index (χ4n) is 3.72. The molecule has 0 amide bonds. The third-order valence-corrected chi connectivity index (χ3v) is 4.95. The van der Waals surface area contributed by atoms with Crippen molar-refractivity contribution in [2.24, 2.45) is 0 Å². The standard InChI is InChI=1S/C20H22FN5O/c1-14-23-18(9-20(27)24-14)16-5-4-8-25(13-16)11-15-10-22-26(12-15)19-7-3-2-6-17(19)21/h2-3,6-7,9-10,12,16H,4-5,8,11,13H2,1H3,(H,23,24,27)/t16-/m0/s1. The summed E-state index contributed by atoms with van der Waals surface area (Å²) in [6.45, 7) is 4.39. The lowest BCUT2D eigenvalue weighted by molar-refractivity contribution is 0.198. The predicted octanol–water partition coefficient (Wildman–Crippen LogP) is 2.78. The van der Waals surface area contributed by atoms with Crippen molar-refractivity contribution < 1.29 is 4.39 Å². The Bertz CT molecular complexity index is 996. The van der Waals surface area contributed by atoms with Crippen LogP contribution in [0.15, 0.2) is 47.5 Å². The number of benzene rings is 1. The highest BCUT2D eigenvalue weighted by Crippen LogP contribution is 2.26. The molecule has 1 aliphatic heterocycles. The van der Waals surface area contributed by atoms with Gasteiger partial charge in [0.1, 0.15) is 17.3 Å². The zero-order valence-electron chi connectivity index (χ0n) is 15.2. The average Bonchev–Trinajstić information content (AvgIpc) is 3.10. The van der Waals surface area contributed by atoms with Crippen molar-refractivity contribution in [3.8, 4) is 5.69 Å². The smallest absolute Gasteiger partial charge is 0.251 e. The van der Waals surface area contributed by atoms with Gasteiger partial charge in [0, 0.05) is 36.8 Å². The Morgan fingerprint density at radius 3 is 3.00 bits per heavy atom. The third-order valence-electron chi connectivity index (χ3n) is 4.95. The maximum absolute atomic E-state index is 13.9. The average molecular weight is 367 g/mol. The number of nitrogens with zero attached hydrogens (tertiary/aromatic N) is 4. The predicted molar refractivity (Wildman–Crippen MR) is 100 cm³/mol. The van der Waals surface area contributed by atoms with Gasteiger partial charge in [0.15, 0.2) is 0 Å². The molecule has 0 bridgehead atoms. The Morgan fingerprint density at radius 1 is 1.33 bits per heavy atom. The molecule has 1 aliphatic rings. The summed E-state index contributed by atoms with van der Waals surface area (Å²) in [6, 6.07) is 8.22. The van der Waals surface area contributed by atoms with Crippen LogP contribution in [-0.2, 0) is 6.54 Å². The number of likely N-dealkylation sites (tertiary alicyclic amines) is 1. The first-order valence-corrected chi connectivity index (χ1v) is 9.17. The quantitative estimate of drug-likeness (QED) is 0.770. The molecule has 2 aromatic heterocycles. The number of para-hydroxylation sites is 1. The molecule has 1 N–H and O–H groups in total. The van der Waals surface area contributed by atoms with Crippen LogP contribution in [0.1, 0.15) is 35.8 Å². The van der Waals surface area contributed by atoms with Crippen LogP contribution in [0.4, 0.5) is 4.39 Å². The van der Waals surface area contributed by atoms with Crippen molar-refractivity contribution in [2.45, 2.75) is 32.2 Å². The Balaban J connectivity index is 1.47. The second-order valence-corrected chi connectivity index (χ2v) is 7.07. The van der Waals surface area contributed by atoms with E-state index in [1.165, 1.54) is 6.07 Å². The lowest BCUT2D eigenvalue weighted by Crippen LogP contribution is -2.34. The molecular weight excluding hydrogens is 345 g/mol. The van der Waals surface area contributed by atoms with E-state index in [-0.39, 0.29) is 17.3 Å². The van der Waals surface area contributed by atoms with Crippen molar-refractivity contribution in [3.05, 3.63) is 76.0 Å². The third kappa shape index (κ3) is 3.98. The minimum absolute atomic E-state index is 0.0965. The van der Waals surface area contributed by atoms with E-state index in [0.29, 0.717) is 11.5 Å². The monoisotopic (exact) mass is 367 g/mol.